The van der Waals surface area contributed by atoms with Crippen LogP contribution in [0.15, 0.2) is 23.0 Å². The Bertz CT molecular complexity index is 654. The highest BCUT2D eigenvalue weighted by Crippen LogP contribution is 2.52. The summed E-state index contributed by atoms with van der Waals surface area (Å²) in [5, 5.41) is 29.9. The van der Waals surface area contributed by atoms with E-state index in [1.54, 1.807) is 11.9 Å². The number of aromatic amines is 1. The number of fused-ring (bicyclic) bond motifs is 1. The summed E-state index contributed by atoms with van der Waals surface area (Å²) in [5.41, 5.74) is -0.238. The molecule has 5 unspecified atom stereocenters. The van der Waals surface area contributed by atoms with Gasteiger partial charge in [-0.3, -0.25) is 4.79 Å². The number of H-pyrrole nitrogens is 1. The normalized spacial score (nSPS) is 32.1. The van der Waals surface area contributed by atoms with Crippen molar-refractivity contribution in [1.82, 2.24) is 9.97 Å². The first kappa shape index (κ1) is 12.8. The Kier molecular flexibility index (Phi) is 3.16. The fourth-order valence-corrected chi connectivity index (χ4v) is 4.60. The minimum Gasteiger partial charge on any atom is -0.394 e. The molecule has 3 rings (SSSR count). The molecule has 102 valence electrons. The van der Waals surface area contributed by atoms with E-state index in [9.17, 15) is 15.0 Å². The smallest absolute Gasteiger partial charge is 0.258 e. The molecule has 0 saturated carbocycles. The lowest BCUT2D eigenvalue weighted by Crippen LogP contribution is -2.32. The molecule has 0 amide bonds. The third-order valence-corrected chi connectivity index (χ3v) is 5.60. The van der Waals surface area contributed by atoms with E-state index in [4.69, 9.17) is 9.84 Å². The molecule has 0 radical (unpaired) electrons. The number of aromatic nitrogens is 2. The molecule has 19 heavy (non-hydrogen) atoms. The lowest BCUT2D eigenvalue weighted by molar-refractivity contribution is -0.0124. The van der Waals surface area contributed by atoms with Crippen LogP contribution >= 0.6 is 7.53 Å². The summed E-state index contributed by atoms with van der Waals surface area (Å²) >= 11 is 0. The van der Waals surface area contributed by atoms with Gasteiger partial charge in [-0.2, -0.15) is 0 Å². The van der Waals surface area contributed by atoms with Crippen LogP contribution in [0.3, 0.4) is 0 Å². The second-order valence-electron chi connectivity index (χ2n) is 4.42. The zero-order valence-corrected chi connectivity index (χ0v) is 10.7. The lowest BCUT2D eigenvalue weighted by Gasteiger charge is -2.14. The molecule has 7 nitrogen and oxygen atoms in total. The highest BCUT2D eigenvalue weighted by molar-refractivity contribution is 7.55. The van der Waals surface area contributed by atoms with Gasteiger partial charge in [-0.15, -0.1) is 0 Å². The van der Waals surface area contributed by atoms with Crippen molar-refractivity contribution in [2.45, 2.75) is 24.2 Å². The maximum absolute atomic E-state index is 11.6. The van der Waals surface area contributed by atoms with Crippen LogP contribution in [0.5, 0.6) is 0 Å². The molecule has 3 heterocycles. The Labute approximate surface area is 108 Å². The number of hydrogen-bond donors (Lipinski definition) is 4. The molecule has 0 aromatic carbocycles. The molecular formula is C11H13N2O5P. The summed E-state index contributed by atoms with van der Waals surface area (Å²) in [6.07, 6.45) is -1.72. The van der Waals surface area contributed by atoms with Gasteiger partial charge < -0.3 is 25.0 Å². The quantitative estimate of drug-likeness (QED) is 0.592. The van der Waals surface area contributed by atoms with Crippen molar-refractivity contribution in [1.29, 1.82) is 0 Å². The number of hydrogen-bond acceptors (Lipinski definition) is 6. The molecule has 4 N–H and O–H groups in total. The highest BCUT2D eigenvalue weighted by atomic mass is 31.1. The van der Waals surface area contributed by atoms with Crippen LogP contribution in [0.4, 0.5) is 0 Å². The van der Waals surface area contributed by atoms with Crippen LogP contribution in [0.25, 0.3) is 10.6 Å². The standard InChI is InChI=1S/C11H13N2O5P/c14-3-6-7(15)8(16)11(18-6)19-2-1-5-9(17)12-4-13-10(5)19/h1-2,4,6-8,11,14-16H,3H2,(H,12,13,17). The summed E-state index contributed by atoms with van der Waals surface area (Å²) in [7, 11) is -1.13. The van der Waals surface area contributed by atoms with Gasteiger partial charge in [0.15, 0.2) is 0 Å². The maximum atomic E-state index is 11.6. The second kappa shape index (κ2) is 4.70. The lowest BCUT2D eigenvalue weighted by atomic mass is 10.2. The summed E-state index contributed by atoms with van der Waals surface area (Å²) in [6.45, 7) is -0.364. The number of nitrogens with zero attached hydrogens (tertiary/aromatic N) is 1. The Balaban J connectivity index is 2.06. The van der Waals surface area contributed by atoms with Gasteiger partial charge in [-0.05, 0) is 11.9 Å². The Morgan fingerprint density at radius 1 is 1.42 bits per heavy atom. The number of nitrogens with one attached hydrogen (secondary N) is 1. The number of aliphatic hydroxyl groups excluding tert-OH is 3. The first-order valence-electron chi connectivity index (χ1n) is 5.80. The average molecular weight is 284 g/mol. The SMILES string of the molecule is O=c1[nH]cnc2c1ccp2C1OC(CO)C(O)C1O. The van der Waals surface area contributed by atoms with Crippen molar-refractivity contribution in [3.63, 3.8) is 0 Å². The molecule has 1 aliphatic heterocycles. The van der Waals surface area contributed by atoms with E-state index in [1.807, 2.05) is 0 Å². The molecular weight excluding hydrogens is 271 g/mol. The van der Waals surface area contributed by atoms with E-state index in [2.05, 4.69) is 9.97 Å². The minimum absolute atomic E-state index is 0.238. The highest BCUT2D eigenvalue weighted by Gasteiger charge is 2.43. The fourth-order valence-electron chi connectivity index (χ4n) is 2.30. The molecule has 5 atom stereocenters. The molecule has 1 saturated heterocycles. The third kappa shape index (κ3) is 1.91. The van der Waals surface area contributed by atoms with Crippen LogP contribution in [0.1, 0.15) is 5.85 Å². The Morgan fingerprint density at radius 3 is 2.89 bits per heavy atom. The van der Waals surface area contributed by atoms with Crippen molar-refractivity contribution >= 4 is 18.2 Å². The number of ether oxygens (including phenoxy) is 1. The molecule has 1 fully saturated rings. The van der Waals surface area contributed by atoms with Crippen molar-refractivity contribution in [2.75, 3.05) is 6.61 Å². The van der Waals surface area contributed by atoms with Crippen molar-refractivity contribution in [3.8, 4) is 0 Å². The van der Waals surface area contributed by atoms with Gasteiger partial charge in [0.05, 0.1) is 23.6 Å². The predicted octanol–water partition coefficient (Wildman–Crippen LogP) is -0.479. The summed E-state index contributed by atoms with van der Waals surface area (Å²) in [5.74, 6) is 1.12. The first-order valence-corrected chi connectivity index (χ1v) is 7.28. The van der Waals surface area contributed by atoms with Gasteiger partial charge in [0.1, 0.15) is 24.2 Å². The van der Waals surface area contributed by atoms with Crippen LogP contribution in [-0.4, -0.2) is 50.2 Å². The average Bonchev–Trinajstić information content (AvgIpc) is 2.94. The van der Waals surface area contributed by atoms with Crippen LogP contribution < -0.4 is 5.56 Å². The van der Waals surface area contributed by atoms with Crippen molar-refractivity contribution in [3.05, 3.63) is 28.5 Å². The van der Waals surface area contributed by atoms with Gasteiger partial charge in [0.25, 0.3) is 5.56 Å². The fraction of sp³-hybridized carbons (Fsp3) is 0.455. The Morgan fingerprint density at radius 2 is 2.21 bits per heavy atom. The zero-order valence-electron chi connectivity index (χ0n) is 9.80. The van der Waals surface area contributed by atoms with E-state index in [-0.39, 0.29) is 12.2 Å². The summed E-state index contributed by atoms with van der Waals surface area (Å²) < 4.78 is 5.49. The summed E-state index contributed by atoms with van der Waals surface area (Å²) in [6, 6.07) is 1.65. The second-order valence-corrected chi connectivity index (χ2v) is 6.47. The molecule has 2 aromatic rings. The number of rotatable bonds is 2. The van der Waals surface area contributed by atoms with Gasteiger partial charge in [-0.25, -0.2) is 4.98 Å². The molecule has 1 aliphatic rings. The van der Waals surface area contributed by atoms with Gasteiger partial charge in [0, 0.05) is 0 Å². The van der Waals surface area contributed by atoms with Gasteiger partial charge in [0.2, 0.25) is 0 Å². The molecule has 8 heteroatoms. The van der Waals surface area contributed by atoms with E-state index in [0.29, 0.717) is 10.6 Å². The molecule has 2 aromatic heterocycles. The van der Waals surface area contributed by atoms with Crippen molar-refractivity contribution < 1.29 is 20.1 Å². The van der Waals surface area contributed by atoms with Crippen LogP contribution in [-0.2, 0) is 4.74 Å². The van der Waals surface area contributed by atoms with Gasteiger partial charge >= 0.3 is 0 Å². The predicted molar refractivity (Wildman–Crippen MR) is 68.1 cm³/mol. The third-order valence-electron chi connectivity index (χ3n) is 3.31. The molecule has 0 bridgehead atoms. The largest absolute Gasteiger partial charge is 0.394 e. The van der Waals surface area contributed by atoms with Crippen LogP contribution in [0, 0.1) is 0 Å². The Hall–Kier alpha value is -1.24. The topological polar surface area (TPSA) is 116 Å². The van der Waals surface area contributed by atoms with E-state index >= 15 is 0 Å². The first-order chi connectivity index (χ1) is 9.13. The van der Waals surface area contributed by atoms with Crippen molar-refractivity contribution in [2.24, 2.45) is 0 Å². The molecule has 0 aliphatic carbocycles. The van der Waals surface area contributed by atoms with E-state index < -0.39 is 31.7 Å². The van der Waals surface area contributed by atoms with E-state index in [0.717, 1.165) is 0 Å². The van der Waals surface area contributed by atoms with E-state index in [1.165, 1.54) is 6.33 Å². The summed E-state index contributed by atoms with van der Waals surface area (Å²) in [4.78, 5) is 18.2. The zero-order chi connectivity index (χ0) is 13.6. The number of aliphatic hydroxyl groups is 3. The van der Waals surface area contributed by atoms with Crippen LogP contribution in [0.2, 0.25) is 0 Å². The molecule has 0 spiro atoms. The maximum Gasteiger partial charge on any atom is 0.258 e. The minimum atomic E-state index is -1.13. The monoisotopic (exact) mass is 284 g/mol. The van der Waals surface area contributed by atoms with Gasteiger partial charge in [-0.1, -0.05) is 7.53 Å².